The number of nitrogens with two attached hydrogens (primary N) is 1. The molecular formula is C16H15F3N4O4S. The van der Waals surface area contributed by atoms with Gasteiger partial charge in [-0.05, 0) is 48.5 Å². The van der Waals surface area contributed by atoms with Gasteiger partial charge >= 0.3 is 12.2 Å². The molecule has 0 unspecified atom stereocenters. The lowest BCUT2D eigenvalue weighted by Crippen LogP contribution is -2.33. The van der Waals surface area contributed by atoms with Gasteiger partial charge in [0, 0.05) is 16.9 Å². The van der Waals surface area contributed by atoms with Gasteiger partial charge in [0.2, 0.25) is 10.0 Å². The number of hydrogen-bond acceptors (Lipinski definition) is 4. The first kappa shape index (κ1) is 21.2. The second-order valence-corrected chi connectivity index (χ2v) is 7.25. The summed E-state index contributed by atoms with van der Waals surface area (Å²) in [5.41, 5.74) is 5.85. The topological polar surface area (TPSA) is 130 Å². The summed E-state index contributed by atoms with van der Waals surface area (Å²) in [6.45, 7) is -1.69. The highest BCUT2D eigenvalue weighted by Crippen LogP contribution is 2.18. The summed E-state index contributed by atoms with van der Waals surface area (Å²) in [5.74, 6) is -0.517. The molecule has 0 saturated heterocycles. The summed E-state index contributed by atoms with van der Waals surface area (Å²) in [6, 6.07) is 9.63. The summed E-state index contributed by atoms with van der Waals surface area (Å²) < 4.78 is 61.5. The van der Waals surface area contributed by atoms with Crippen molar-refractivity contribution in [3.05, 3.63) is 54.1 Å². The molecule has 0 radical (unpaired) electrons. The number of hydrogen-bond donors (Lipinski definition) is 4. The predicted molar refractivity (Wildman–Crippen MR) is 95.3 cm³/mol. The van der Waals surface area contributed by atoms with Crippen LogP contribution >= 0.6 is 0 Å². The first-order valence-electron chi connectivity index (χ1n) is 7.61. The lowest BCUT2D eigenvalue weighted by atomic mass is 10.2. The van der Waals surface area contributed by atoms with Gasteiger partial charge in [-0.2, -0.15) is 13.2 Å². The van der Waals surface area contributed by atoms with Crippen molar-refractivity contribution < 1.29 is 31.2 Å². The van der Waals surface area contributed by atoms with Gasteiger partial charge in [0.05, 0.1) is 4.90 Å². The van der Waals surface area contributed by atoms with Crippen molar-refractivity contribution in [3.8, 4) is 0 Å². The quantitative estimate of drug-likeness (QED) is 0.575. The van der Waals surface area contributed by atoms with E-state index in [1.165, 1.54) is 41.1 Å². The minimum absolute atomic E-state index is 0.235. The van der Waals surface area contributed by atoms with Crippen molar-refractivity contribution in [2.75, 3.05) is 17.2 Å². The number of alkyl halides is 3. The maximum atomic E-state index is 12.2. The largest absolute Gasteiger partial charge is 0.402 e. The molecule has 0 aromatic heterocycles. The van der Waals surface area contributed by atoms with E-state index in [2.05, 4.69) is 10.6 Å². The summed E-state index contributed by atoms with van der Waals surface area (Å²) >= 11 is 0. The maximum Gasteiger partial charge on any atom is 0.402 e. The van der Waals surface area contributed by atoms with Crippen molar-refractivity contribution >= 4 is 33.3 Å². The van der Waals surface area contributed by atoms with Crippen LogP contribution in [0.2, 0.25) is 0 Å². The van der Waals surface area contributed by atoms with E-state index in [1.54, 1.807) is 0 Å². The Balaban J connectivity index is 2.03. The van der Waals surface area contributed by atoms with E-state index in [-0.39, 0.29) is 16.1 Å². The second kappa shape index (κ2) is 8.27. The molecule has 0 aliphatic heterocycles. The Morgan fingerprint density at radius 2 is 1.39 bits per heavy atom. The molecule has 3 amide bonds. The van der Waals surface area contributed by atoms with Gasteiger partial charge in [0.15, 0.2) is 0 Å². The number of amides is 3. The van der Waals surface area contributed by atoms with Crippen molar-refractivity contribution in [2.45, 2.75) is 11.1 Å². The zero-order valence-corrected chi connectivity index (χ0v) is 14.9. The number of rotatable bonds is 6. The molecule has 0 aliphatic carbocycles. The van der Waals surface area contributed by atoms with Gasteiger partial charge in [0.25, 0.3) is 5.91 Å². The van der Waals surface area contributed by atoms with Crippen LogP contribution < -0.4 is 21.1 Å². The van der Waals surface area contributed by atoms with Crippen LogP contribution in [0.4, 0.5) is 29.3 Å². The summed E-state index contributed by atoms with van der Waals surface area (Å²) in [7, 11) is -4.33. The van der Waals surface area contributed by atoms with Crippen LogP contribution in [-0.2, 0) is 10.0 Å². The first-order valence-corrected chi connectivity index (χ1v) is 9.09. The average molecular weight is 416 g/mol. The van der Waals surface area contributed by atoms with E-state index >= 15 is 0 Å². The molecule has 12 heteroatoms. The van der Waals surface area contributed by atoms with Crippen LogP contribution in [0.15, 0.2) is 53.4 Å². The van der Waals surface area contributed by atoms with E-state index in [1.807, 2.05) is 0 Å². The molecule has 0 saturated carbocycles. The summed E-state index contributed by atoms with van der Waals surface area (Å²) in [4.78, 5) is 22.5. The maximum absolute atomic E-state index is 12.2. The zero-order chi connectivity index (χ0) is 20.9. The van der Waals surface area contributed by atoms with Crippen molar-refractivity contribution in [2.24, 2.45) is 5.73 Å². The standard InChI is InChI=1S/C16H15F3N4O4S/c17-16(18,19)9-21-28(26,27)13-7-5-11(6-8-13)22-14(24)10-1-3-12(4-2-10)23-15(20)25/h1-8,21H,9H2,(H,22,24)(H3,20,23,25). The molecule has 2 aromatic carbocycles. The second-order valence-electron chi connectivity index (χ2n) is 5.48. The van der Waals surface area contributed by atoms with Crippen LogP contribution in [0.1, 0.15) is 10.4 Å². The van der Waals surface area contributed by atoms with Gasteiger partial charge in [-0.3, -0.25) is 4.79 Å². The number of carbonyl (C=O) groups excluding carboxylic acids is 2. The lowest BCUT2D eigenvalue weighted by molar-refractivity contribution is -0.121. The Bertz CT molecular complexity index is 959. The third kappa shape index (κ3) is 6.25. The van der Waals surface area contributed by atoms with Gasteiger partial charge in [0.1, 0.15) is 6.54 Å². The monoisotopic (exact) mass is 416 g/mol. The van der Waals surface area contributed by atoms with Crippen LogP contribution in [-0.4, -0.2) is 33.1 Å². The minimum atomic E-state index is -4.68. The van der Waals surface area contributed by atoms with Crippen molar-refractivity contribution in [1.82, 2.24) is 4.72 Å². The molecule has 2 aromatic rings. The number of anilines is 2. The smallest absolute Gasteiger partial charge is 0.351 e. The van der Waals surface area contributed by atoms with E-state index in [0.29, 0.717) is 5.69 Å². The van der Waals surface area contributed by atoms with Crippen LogP contribution in [0.25, 0.3) is 0 Å². The van der Waals surface area contributed by atoms with Gasteiger partial charge < -0.3 is 16.4 Å². The summed E-state index contributed by atoms with van der Waals surface area (Å²) in [6.07, 6.45) is -4.68. The molecule has 5 N–H and O–H groups in total. The number of halogens is 3. The van der Waals surface area contributed by atoms with E-state index in [0.717, 1.165) is 12.1 Å². The molecule has 0 bridgehead atoms. The third-order valence-corrected chi connectivity index (χ3v) is 4.72. The van der Waals surface area contributed by atoms with E-state index < -0.39 is 34.7 Å². The Labute approximate surface area is 158 Å². The Morgan fingerprint density at radius 1 is 0.893 bits per heavy atom. The van der Waals surface area contributed by atoms with E-state index in [4.69, 9.17) is 5.73 Å². The number of nitrogens with one attached hydrogen (secondary N) is 3. The summed E-state index contributed by atoms with van der Waals surface area (Å²) in [5, 5.41) is 4.84. The predicted octanol–water partition coefficient (Wildman–Crippen LogP) is 2.27. The number of benzene rings is 2. The molecule has 0 atom stereocenters. The SMILES string of the molecule is NC(=O)Nc1ccc(C(=O)Nc2ccc(S(=O)(=O)NCC(F)(F)F)cc2)cc1. The number of urea groups is 1. The minimum Gasteiger partial charge on any atom is -0.351 e. The molecule has 0 aliphatic rings. The Morgan fingerprint density at radius 3 is 1.89 bits per heavy atom. The Kier molecular flexibility index (Phi) is 6.26. The average Bonchev–Trinajstić information content (AvgIpc) is 2.60. The van der Waals surface area contributed by atoms with Crippen LogP contribution in [0, 0.1) is 0 Å². The van der Waals surface area contributed by atoms with Crippen LogP contribution in [0.5, 0.6) is 0 Å². The first-order chi connectivity index (χ1) is 13.0. The fourth-order valence-electron chi connectivity index (χ4n) is 2.03. The normalized spacial score (nSPS) is 11.7. The number of primary amides is 1. The third-order valence-electron chi connectivity index (χ3n) is 3.30. The molecule has 0 fully saturated rings. The van der Waals surface area contributed by atoms with Crippen molar-refractivity contribution in [1.29, 1.82) is 0 Å². The zero-order valence-electron chi connectivity index (χ0n) is 14.1. The molecule has 0 heterocycles. The van der Waals surface area contributed by atoms with Crippen LogP contribution in [0.3, 0.4) is 0 Å². The molecule has 8 nitrogen and oxygen atoms in total. The highest BCUT2D eigenvalue weighted by atomic mass is 32.2. The molecular weight excluding hydrogens is 401 g/mol. The van der Waals surface area contributed by atoms with Gasteiger partial charge in [-0.15, -0.1) is 0 Å². The van der Waals surface area contributed by atoms with Crippen molar-refractivity contribution in [3.63, 3.8) is 0 Å². The fraction of sp³-hybridized carbons (Fsp3) is 0.125. The molecule has 2 rings (SSSR count). The molecule has 150 valence electrons. The molecule has 0 spiro atoms. The van der Waals surface area contributed by atoms with Gasteiger partial charge in [-0.25, -0.2) is 17.9 Å². The molecule has 28 heavy (non-hydrogen) atoms. The van der Waals surface area contributed by atoms with Gasteiger partial charge in [-0.1, -0.05) is 0 Å². The highest BCUT2D eigenvalue weighted by molar-refractivity contribution is 7.89. The highest BCUT2D eigenvalue weighted by Gasteiger charge is 2.30. The number of carbonyl (C=O) groups is 2. The number of sulfonamides is 1. The fourth-order valence-corrected chi connectivity index (χ4v) is 3.04. The Hall–Kier alpha value is -3.12. The lowest BCUT2D eigenvalue weighted by Gasteiger charge is -2.10. The van der Waals surface area contributed by atoms with E-state index in [9.17, 15) is 31.2 Å².